The number of benzene rings is 8. The second-order valence-corrected chi connectivity index (χ2v) is 31.4. The molecule has 3 unspecified atom stereocenters. The standard InChI is InChI=1S/C19H21NOS.2C18H18NOS.C10H7F.C9H15NOS.C9H13NOS.C6H6OS/c1-20(2)13-12-18(19-11-6-14-22-19)21-17-10-5-8-15-7-3-4-9-16(15)17;2*1-19-12-11-17(18-10-5-13-21-18)20-16-9-4-7-14-6-2-3-8-15(14)16;11-10-7-3-5-8-4-1-2-6-9(8)10;2*1-10(2)6-5-8(11)9-4-3-7-12-9;1-5(7)6-3-2-4-8-6/h3-11,14,18H,12-13H2,1-2H3;2*2-10,13,17H,11-12H2,1H3;1-7H;3-4,7-8,11H,5-6H2,1-2H3;3-4,7H,5-6H2,1-2H3;2-4H,1H3/q;2*-1;;;;/t;17-;;;;;/m.0...../s1. The predicted molar refractivity (Wildman–Crippen MR) is 458 cm³/mol. The van der Waals surface area contributed by atoms with Crippen LogP contribution in [0.1, 0.15) is 102 Å². The van der Waals surface area contributed by atoms with Crippen molar-refractivity contribution in [3.63, 3.8) is 0 Å². The maximum absolute atomic E-state index is 13.0. The van der Waals surface area contributed by atoms with Gasteiger partial charge >= 0.3 is 0 Å². The average molecular weight is 1550 g/mol. The molecule has 0 radical (unpaired) electrons. The van der Waals surface area contributed by atoms with Crippen LogP contribution in [0.4, 0.5) is 4.39 Å². The maximum Gasteiger partial charge on any atom is 0.174 e. The molecule has 1 N–H and O–H groups in total. The van der Waals surface area contributed by atoms with E-state index in [2.05, 4.69) is 190 Å². The van der Waals surface area contributed by atoms with Crippen LogP contribution in [0.25, 0.3) is 53.7 Å². The molecule has 14 rings (SSSR count). The predicted octanol–water partition coefficient (Wildman–Crippen LogP) is 24.3. The van der Waals surface area contributed by atoms with Gasteiger partial charge in [-0.05, 0) is 183 Å². The molecule has 0 spiro atoms. The lowest BCUT2D eigenvalue weighted by molar-refractivity contribution is 0.0975. The fourth-order valence-electron chi connectivity index (χ4n) is 11.0. The highest BCUT2D eigenvalue weighted by molar-refractivity contribution is 7.12. The van der Waals surface area contributed by atoms with Crippen molar-refractivity contribution in [2.45, 2.75) is 63.4 Å². The molecule has 0 saturated heterocycles. The number of Topliss-reactive ketones (excluding diaryl/α,β-unsaturated/α-hetero) is 2. The van der Waals surface area contributed by atoms with E-state index in [1.165, 1.54) is 64.9 Å². The Hall–Kier alpha value is -8.57. The summed E-state index contributed by atoms with van der Waals surface area (Å²) in [6.07, 6.45) is 4.18. The number of ketones is 2. The molecule has 6 heterocycles. The monoisotopic (exact) mass is 1540 g/mol. The van der Waals surface area contributed by atoms with Crippen LogP contribution in [-0.2, 0) is 0 Å². The molecule has 0 aliphatic rings. The quantitative estimate of drug-likeness (QED) is 0.0502. The second-order valence-electron chi connectivity index (χ2n) is 25.6. The van der Waals surface area contributed by atoms with Gasteiger partial charge in [0, 0.05) is 73.5 Å². The smallest absolute Gasteiger partial charge is 0.174 e. The van der Waals surface area contributed by atoms with Gasteiger partial charge in [-0.2, -0.15) is 14.1 Å². The number of carbonyl (C=O) groups excluding carboxylic acids is 2. The summed E-state index contributed by atoms with van der Waals surface area (Å²) in [6.45, 7) is 5.97. The molecular formula is C89H98FN5O6S6-2. The van der Waals surface area contributed by atoms with Crippen molar-refractivity contribution in [1.82, 2.24) is 14.7 Å². The van der Waals surface area contributed by atoms with Crippen molar-refractivity contribution in [2.24, 2.45) is 0 Å². The molecule has 8 aromatic carbocycles. The van der Waals surface area contributed by atoms with Crippen LogP contribution < -0.4 is 14.2 Å². The van der Waals surface area contributed by atoms with Gasteiger partial charge in [0.1, 0.15) is 41.4 Å². The summed E-state index contributed by atoms with van der Waals surface area (Å²) in [6, 6.07) is 80.4. The van der Waals surface area contributed by atoms with Crippen molar-refractivity contribution in [3.05, 3.63) is 321 Å². The number of hydrogen-bond donors (Lipinski definition) is 1. The Morgan fingerprint density at radius 1 is 0.374 bits per heavy atom. The summed E-state index contributed by atoms with van der Waals surface area (Å²) in [4.78, 5) is 34.8. The fourth-order valence-corrected chi connectivity index (χ4v) is 15.4. The molecule has 107 heavy (non-hydrogen) atoms. The minimum Gasteiger partial charge on any atom is -0.665 e. The van der Waals surface area contributed by atoms with E-state index in [0.29, 0.717) is 11.8 Å². The average Bonchev–Trinajstić information content (AvgIpc) is 1.33. The Morgan fingerprint density at radius 2 is 0.701 bits per heavy atom. The molecule has 14 aromatic rings. The Bertz CT molecular complexity index is 4580. The van der Waals surface area contributed by atoms with E-state index in [9.17, 15) is 19.1 Å². The van der Waals surface area contributed by atoms with Crippen molar-refractivity contribution in [1.29, 1.82) is 0 Å². The Kier molecular flexibility index (Phi) is 36.6. The normalized spacial score (nSPS) is 11.9. The van der Waals surface area contributed by atoms with Gasteiger partial charge < -0.3 is 44.7 Å². The zero-order chi connectivity index (χ0) is 76.0. The van der Waals surface area contributed by atoms with Gasteiger partial charge in [-0.25, -0.2) is 4.39 Å². The van der Waals surface area contributed by atoms with Crippen LogP contribution in [0.3, 0.4) is 0 Å². The summed E-state index contributed by atoms with van der Waals surface area (Å²) in [5, 5.41) is 39.0. The molecular weight excluding hydrogens is 1450 g/mol. The number of rotatable bonds is 27. The fraction of sp³-hybridized carbons (Fsp3) is 0.258. The number of halogens is 1. The van der Waals surface area contributed by atoms with Crippen molar-refractivity contribution in [2.75, 3.05) is 89.1 Å². The minimum atomic E-state index is -0.285. The number of fused-ring (bicyclic) bond motifs is 4. The third kappa shape index (κ3) is 28.5. The number of ether oxygens (including phenoxy) is 3. The number of thiophene rings is 6. The van der Waals surface area contributed by atoms with Crippen LogP contribution in [-0.4, -0.2) is 120 Å². The van der Waals surface area contributed by atoms with E-state index < -0.39 is 0 Å². The van der Waals surface area contributed by atoms with Crippen molar-refractivity contribution in [3.8, 4) is 17.2 Å². The van der Waals surface area contributed by atoms with Gasteiger partial charge in [-0.1, -0.05) is 182 Å². The van der Waals surface area contributed by atoms with E-state index in [0.717, 1.165) is 106 Å². The summed E-state index contributed by atoms with van der Waals surface area (Å²) in [5.41, 5.74) is 0. The molecule has 0 fully saturated rings. The van der Waals surface area contributed by atoms with E-state index in [-0.39, 0.29) is 41.8 Å². The third-order valence-corrected chi connectivity index (χ3v) is 22.4. The van der Waals surface area contributed by atoms with Gasteiger partial charge in [0.2, 0.25) is 0 Å². The van der Waals surface area contributed by atoms with Crippen LogP contribution >= 0.6 is 68.0 Å². The highest BCUT2D eigenvalue weighted by Crippen LogP contribution is 2.37. The van der Waals surface area contributed by atoms with Gasteiger partial charge in [0.15, 0.2) is 11.6 Å². The first-order chi connectivity index (χ1) is 52.1. The second kappa shape index (κ2) is 46.6. The van der Waals surface area contributed by atoms with E-state index in [4.69, 9.17) is 14.2 Å². The number of carbonyl (C=O) groups is 2. The van der Waals surface area contributed by atoms with Crippen LogP contribution in [0.2, 0.25) is 0 Å². The first kappa shape index (κ1) is 84.1. The van der Waals surface area contributed by atoms with Gasteiger partial charge in [-0.15, -0.1) is 81.1 Å². The Morgan fingerprint density at radius 3 is 1.05 bits per heavy atom. The summed E-state index contributed by atoms with van der Waals surface area (Å²) in [5.74, 6) is 3.11. The first-order valence-corrected chi connectivity index (χ1v) is 40.9. The molecule has 18 heteroatoms. The van der Waals surface area contributed by atoms with Crippen molar-refractivity contribution < 1.29 is 33.3 Å². The lowest BCUT2D eigenvalue weighted by atomic mass is 10.1. The first-order valence-electron chi connectivity index (χ1n) is 35.6. The molecule has 0 saturated carbocycles. The summed E-state index contributed by atoms with van der Waals surface area (Å²) >= 11 is 9.85. The molecule has 4 atom stereocenters. The topological polar surface area (TPSA) is 120 Å². The van der Waals surface area contributed by atoms with E-state index >= 15 is 0 Å². The number of aliphatic hydroxyl groups is 1. The van der Waals surface area contributed by atoms with Gasteiger partial charge in [0.05, 0.1) is 15.9 Å². The zero-order valence-corrected chi connectivity index (χ0v) is 67.4. The van der Waals surface area contributed by atoms with Crippen LogP contribution in [0.15, 0.2) is 275 Å². The lowest BCUT2D eigenvalue weighted by Crippen LogP contribution is -2.18. The SMILES string of the molecule is CC(=O)c1cccs1.CN(C)CCC(=O)c1cccs1.CN(C)CCC(O)c1cccs1.CN(C)CCC(Oc1cccc2ccccc12)c1cccs1.C[N-]CCC(Oc1cccc2ccccc12)c1cccs1.C[N-]CC[C@H](Oc1cccc2ccccc12)c1cccs1.Fc1cccc2ccccc12. The molecule has 560 valence electrons. The molecule has 6 aromatic heterocycles. The Balaban J connectivity index is 0.000000162. The highest BCUT2D eigenvalue weighted by atomic mass is 32.1. The molecule has 11 nitrogen and oxygen atoms in total. The third-order valence-electron chi connectivity index (χ3n) is 16.6. The van der Waals surface area contributed by atoms with E-state index in [1.807, 2.05) is 148 Å². The summed E-state index contributed by atoms with van der Waals surface area (Å²) in [7, 11) is 15.9. The van der Waals surface area contributed by atoms with Crippen LogP contribution in [0.5, 0.6) is 17.2 Å². The van der Waals surface area contributed by atoms with Crippen molar-refractivity contribution >= 4 is 123 Å². The zero-order valence-electron chi connectivity index (χ0n) is 62.5. The molecule has 0 aliphatic carbocycles. The minimum absolute atomic E-state index is 0.0690. The number of hydrogen-bond acceptors (Lipinski definition) is 15. The highest BCUT2D eigenvalue weighted by Gasteiger charge is 2.19. The maximum atomic E-state index is 13.0. The lowest BCUT2D eigenvalue weighted by Gasteiger charge is -2.22. The van der Waals surface area contributed by atoms with Gasteiger partial charge in [-0.3, -0.25) is 9.59 Å². The molecule has 0 amide bonds. The van der Waals surface area contributed by atoms with Gasteiger partial charge in [0.25, 0.3) is 0 Å². The largest absolute Gasteiger partial charge is 0.665 e. The number of aliphatic hydroxyl groups excluding tert-OH is 1. The van der Waals surface area contributed by atoms with Crippen LogP contribution in [0, 0.1) is 5.82 Å². The molecule has 0 bridgehead atoms. The Labute approximate surface area is 656 Å². The number of nitrogens with zero attached hydrogens (tertiary/aromatic N) is 5. The summed E-state index contributed by atoms with van der Waals surface area (Å²) < 4.78 is 32.0. The molecule has 0 aliphatic heterocycles. The van der Waals surface area contributed by atoms with E-state index in [1.54, 1.807) is 64.4 Å².